The van der Waals surface area contributed by atoms with Gasteiger partial charge in [-0.3, -0.25) is 20.2 Å². The summed E-state index contributed by atoms with van der Waals surface area (Å²) in [5.74, 6) is -0.520. The van der Waals surface area contributed by atoms with Crippen molar-refractivity contribution in [2.24, 2.45) is 0 Å². The number of anilines is 2. The summed E-state index contributed by atoms with van der Waals surface area (Å²) < 4.78 is 24.0. The second-order valence-corrected chi connectivity index (χ2v) is 10.1. The van der Waals surface area contributed by atoms with Crippen LogP contribution in [0.3, 0.4) is 0 Å². The van der Waals surface area contributed by atoms with Gasteiger partial charge >= 0.3 is 0 Å². The molecule has 156 valence electrons. The zero-order chi connectivity index (χ0) is 21.5. The van der Waals surface area contributed by atoms with E-state index >= 15 is 0 Å². The first kappa shape index (κ1) is 20.2. The summed E-state index contributed by atoms with van der Waals surface area (Å²) in [4.78, 5) is 30.1. The highest BCUT2D eigenvalue weighted by Gasteiger charge is 2.24. The first-order valence-electron chi connectivity index (χ1n) is 9.18. The van der Waals surface area contributed by atoms with Crippen molar-refractivity contribution < 1.29 is 18.1 Å². The topological polar surface area (TPSA) is 123 Å². The lowest BCUT2D eigenvalue weighted by atomic mass is 10.1. The van der Waals surface area contributed by atoms with Crippen LogP contribution in [0.2, 0.25) is 0 Å². The molecule has 0 spiro atoms. The fourth-order valence-electron chi connectivity index (χ4n) is 3.39. The van der Waals surface area contributed by atoms with Gasteiger partial charge in [0.25, 0.3) is 11.6 Å². The van der Waals surface area contributed by atoms with Gasteiger partial charge in [-0.1, -0.05) is 11.3 Å². The predicted octanol–water partition coefficient (Wildman–Crippen LogP) is 3.46. The first-order valence-corrected chi connectivity index (χ1v) is 11.9. The van der Waals surface area contributed by atoms with Crippen molar-refractivity contribution in [3.8, 4) is 0 Å². The Hall–Kier alpha value is -3.05. The number of hydrogen-bond acceptors (Lipinski definition) is 8. The molecule has 0 atom stereocenters. The van der Waals surface area contributed by atoms with E-state index < -0.39 is 20.7 Å². The molecule has 0 aliphatic carbocycles. The predicted molar refractivity (Wildman–Crippen MR) is 115 cm³/mol. The number of thiazole rings is 1. The van der Waals surface area contributed by atoms with Crippen LogP contribution >= 0.6 is 11.3 Å². The van der Waals surface area contributed by atoms with Crippen molar-refractivity contribution in [2.75, 3.05) is 29.6 Å². The van der Waals surface area contributed by atoms with Crippen molar-refractivity contribution in [2.45, 2.75) is 17.7 Å². The standard InChI is InChI=1S/C19H18N4O5S2/c1-30(27,28)13-5-6-14-17(11-13)29-19(20-14)21-18(24)12-4-7-15(16(10-12)23(25)26)22-8-2-3-9-22/h4-7,10-11H,2-3,8-9H2,1H3,(H,20,21,24). The molecule has 4 rings (SSSR count). The van der Waals surface area contributed by atoms with Crippen LogP contribution in [0.25, 0.3) is 10.2 Å². The molecular formula is C19H18N4O5S2. The maximum Gasteiger partial charge on any atom is 0.293 e. The molecule has 30 heavy (non-hydrogen) atoms. The SMILES string of the molecule is CS(=O)(=O)c1ccc2nc(NC(=O)c3ccc(N4CCCC4)c([N+](=O)[O-])c3)sc2c1. The Balaban J connectivity index is 1.60. The summed E-state index contributed by atoms with van der Waals surface area (Å²) in [6.07, 6.45) is 3.09. The van der Waals surface area contributed by atoms with Crippen LogP contribution in [0, 0.1) is 10.1 Å². The van der Waals surface area contributed by atoms with Crippen LogP contribution in [-0.2, 0) is 9.84 Å². The molecular weight excluding hydrogens is 428 g/mol. The molecule has 1 aliphatic rings. The number of nitrogens with one attached hydrogen (secondary N) is 1. The lowest BCUT2D eigenvalue weighted by molar-refractivity contribution is -0.384. The van der Waals surface area contributed by atoms with E-state index in [1.165, 1.54) is 18.2 Å². The molecule has 1 amide bonds. The third-order valence-electron chi connectivity index (χ3n) is 4.89. The number of carbonyl (C=O) groups is 1. The average molecular weight is 447 g/mol. The number of nitrogens with zero attached hydrogens (tertiary/aromatic N) is 3. The lowest BCUT2D eigenvalue weighted by Gasteiger charge is -2.17. The fraction of sp³-hybridized carbons (Fsp3) is 0.263. The minimum atomic E-state index is -3.35. The van der Waals surface area contributed by atoms with E-state index in [-0.39, 0.29) is 21.3 Å². The highest BCUT2D eigenvalue weighted by molar-refractivity contribution is 7.90. The Labute approximate surface area is 176 Å². The molecule has 0 radical (unpaired) electrons. The number of benzene rings is 2. The van der Waals surface area contributed by atoms with Crippen molar-refractivity contribution in [3.05, 3.63) is 52.1 Å². The fourth-order valence-corrected chi connectivity index (χ4v) is 5.02. The Morgan fingerprint density at radius 2 is 1.93 bits per heavy atom. The lowest BCUT2D eigenvalue weighted by Crippen LogP contribution is -2.19. The smallest absolute Gasteiger partial charge is 0.293 e. The summed E-state index contributed by atoms with van der Waals surface area (Å²) in [5.41, 5.74) is 1.12. The highest BCUT2D eigenvalue weighted by atomic mass is 32.2. The molecule has 1 fully saturated rings. The van der Waals surface area contributed by atoms with E-state index in [9.17, 15) is 23.3 Å². The number of sulfone groups is 1. The summed E-state index contributed by atoms with van der Waals surface area (Å²) in [7, 11) is -3.35. The quantitative estimate of drug-likeness (QED) is 0.470. The van der Waals surface area contributed by atoms with E-state index in [1.807, 2.05) is 4.90 Å². The van der Waals surface area contributed by atoms with E-state index in [0.29, 0.717) is 15.9 Å². The molecule has 0 unspecified atom stereocenters. The van der Waals surface area contributed by atoms with Crippen LogP contribution in [0.15, 0.2) is 41.3 Å². The summed E-state index contributed by atoms with van der Waals surface area (Å²) in [5, 5.41) is 14.5. The number of amides is 1. The molecule has 1 N–H and O–H groups in total. The van der Waals surface area contributed by atoms with Gasteiger partial charge in [-0.25, -0.2) is 13.4 Å². The minimum Gasteiger partial charge on any atom is -0.366 e. The van der Waals surface area contributed by atoms with Crippen LogP contribution in [0.4, 0.5) is 16.5 Å². The van der Waals surface area contributed by atoms with Gasteiger partial charge in [-0.15, -0.1) is 0 Å². The second-order valence-electron chi connectivity index (χ2n) is 7.03. The van der Waals surface area contributed by atoms with E-state index in [1.54, 1.807) is 18.2 Å². The third kappa shape index (κ3) is 3.98. The van der Waals surface area contributed by atoms with Crippen molar-refractivity contribution in [1.29, 1.82) is 0 Å². The monoisotopic (exact) mass is 446 g/mol. The van der Waals surface area contributed by atoms with Crippen LogP contribution in [0.1, 0.15) is 23.2 Å². The Bertz CT molecular complexity index is 1260. The number of carbonyl (C=O) groups excluding carboxylic acids is 1. The van der Waals surface area contributed by atoms with Crippen LogP contribution in [-0.4, -0.2) is 43.6 Å². The largest absolute Gasteiger partial charge is 0.366 e. The Kier molecular flexibility index (Phi) is 5.16. The maximum atomic E-state index is 12.6. The molecule has 1 aliphatic heterocycles. The number of hydrogen-bond donors (Lipinski definition) is 1. The number of nitro benzene ring substituents is 1. The van der Waals surface area contributed by atoms with Crippen molar-refractivity contribution >= 4 is 53.8 Å². The molecule has 2 heterocycles. The van der Waals surface area contributed by atoms with Gasteiger partial charge in [-0.2, -0.15) is 0 Å². The third-order valence-corrected chi connectivity index (χ3v) is 6.93. The van der Waals surface area contributed by atoms with E-state index in [4.69, 9.17) is 0 Å². The molecule has 0 bridgehead atoms. The van der Waals surface area contributed by atoms with Gasteiger partial charge in [0.05, 0.1) is 20.0 Å². The first-order chi connectivity index (χ1) is 14.2. The van der Waals surface area contributed by atoms with Crippen LogP contribution < -0.4 is 10.2 Å². The van der Waals surface area contributed by atoms with Gasteiger partial charge in [0.2, 0.25) is 0 Å². The van der Waals surface area contributed by atoms with Gasteiger partial charge in [0.1, 0.15) is 5.69 Å². The Morgan fingerprint density at radius 1 is 1.20 bits per heavy atom. The molecule has 9 nitrogen and oxygen atoms in total. The normalized spacial score (nSPS) is 14.2. The zero-order valence-corrected chi connectivity index (χ0v) is 17.6. The molecule has 1 saturated heterocycles. The van der Waals surface area contributed by atoms with E-state index in [0.717, 1.165) is 43.5 Å². The molecule has 1 aromatic heterocycles. The maximum absolute atomic E-state index is 12.6. The molecule has 0 saturated carbocycles. The molecule has 11 heteroatoms. The molecule has 2 aromatic carbocycles. The van der Waals surface area contributed by atoms with Gasteiger partial charge < -0.3 is 4.90 Å². The number of fused-ring (bicyclic) bond motifs is 1. The Morgan fingerprint density at radius 3 is 2.60 bits per heavy atom. The van der Waals surface area contributed by atoms with Crippen molar-refractivity contribution in [1.82, 2.24) is 4.98 Å². The average Bonchev–Trinajstić information content (AvgIpc) is 3.35. The summed E-state index contributed by atoms with van der Waals surface area (Å²) >= 11 is 1.14. The van der Waals surface area contributed by atoms with Gasteiger partial charge in [0, 0.05) is 31.0 Å². The van der Waals surface area contributed by atoms with E-state index in [2.05, 4.69) is 10.3 Å². The number of aromatic nitrogens is 1. The van der Waals surface area contributed by atoms with Gasteiger partial charge in [-0.05, 0) is 43.2 Å². The number of rotatable bonds is 5. The van der Waals surface area contributed by atoms with Crippen LogP contribution in [0.5, 0.6) is 0 Å². The van der Waals surface area contributed by atoms with Gasteiger partial charge in [0.15, 0.2) is 15.0 Å². The highest BCUT2D eigenvalue weighted by Crippen LogP contribution is 2.33. The number of nitro groups is 1. The minimum absolute atomic E-state index is 0.105. The van der Waals surface area contributed by atoms with Crippen molar-refractivity contribution in [3.63, 3.8) is 0 Å². The second kappa shape index (κ2) is 7.65. The summed E-state index contributed by atoms with van der Waals surface area (Å²) in [6, 6.07) is 8.99. The zero-order valence-electron chi connectivity index (χ0n) is 16.0. The summed E-state index contributed by atoms with van der Waals surface area (Å²) in [6.45, 7) is 1.51. The molecule has 3 aromatic rings.